The van der Waals surface area contributed by atoms with Gasteiger partial charge in [-0.1, -0.05) is 20.8 Å². The van der Waals surface area contributed by atoms with Gasteiger partial charge in [0.25, 0.3) is 0 Å². The van der Waals surface area contributed by atoms with Crippen molar-refractivity contribution in [3.63, 3.8) is 0 Å². The van der Waals surface area contributed by atoms with E-state index in [1.54, 1.807) is 6.20 Å². The van der Waals surface area contributed by atoms with E-state index in [1.165, 1.54) is 13.2 Å². The van der Waals surface area contributed by atoms with Crippen LogP contribution in [0.4, 0.5) is 10.2 Å². The van der Waals surface area contributed by atoms with Crippen molar-refractivity contribution in [2.45, 2.75) is 39.0 Å². The van der Waals surface area contributed by atoms with Crippen LogP contribution < -0.4 is 5.73 Å². The minimum atomic E-state index is -0.343. The molecule has 0 unspecified atom stereocenters. The lowest BCUT2D eigenvalue weighted by Crippen LogP contribution is -2.18. The number of methoxy groups -OCH3 is 1. The monoisotopic (exact) mass is 277 g/mol. The highest BCUT2D eigenvalue weighted by Crippen LogP contribution is 2.32. The van der Waals surface area contributed by atoms with Gasteiger partial charge in [0.05, 0.1) is 24.7 Å². The van der Waals surface area contributed by atoms with Crippen molar-refractivity contribution < 1.29 is 9.13 Å². The van der Waals surface area contributed by atoms with Gasteiger partial charge >= 0.3 is 0 Å². The average molecular weight is 277 g/mol. The maximum Gasteiger partial charge on any atom is 0.161 e. The summed E-state index contributed by atoms with van der Waals surface area (Å²) in [5.74, 6) is 0.462. The zero-order valence-electron chi connectivity index (χ0n) is 12.3. The molecule has 0 amide bonds. The summed E-state index contributed by atoms with van der Waals surface area (Å²) in [4.78, 5) is 8.76. The predicted molar refractivity (Wildman–Crippen MR) is 77.5 cm³/mol. The number of nitrogen functional groups attached to an aromatic ring is 1. The molecule has 1 aliphatic carbocycles. The molecule has 20 heavy (non-hydrogen) atoms. The third kappa shape index (κ3) is 2.81. The molecule has 0 atom stereocenters. The molecule has 1 aliphatic rings. The van der Waals surface area contributed by atoms with Gasteiger partial charge in [0.2, 0.25) is 0 Å². The Labute approximate surface area is 118 Å². The molecule has 1 aromatic rings. The molecule has 0 radical (unpaired) electrons. The van der Waals surface area contributed by atoms with E-state index in [-0.39, 0.29) is 11.2 Å². The van der Waals surface area contributed by atoms with Gasteiger partial charge in [-0.25, -0.2) is 14.4 Å². The molecular weight excluding hydrogens is 257 g/mol. The summed E-state index contributed by atoms with van der Waals surface area (Å²) >= 11 is 0. The topological polar surface area (TPSA) is 61.0 Å². The fourth-order valence-corrected chi connectivity index (χ4v) is 2.18. The summed E-state index contributed by atoms with van der Waals surface area (Å²) in [7, 11) is 1.48. The van der Waals surface area contributed by atoms with E-state index < -0.39 is 0 Å². The van der Waals surface area contributed by atoms with Gasteiger partial charge in [0, 0.05) is 11.8 Å². The molecule has 2 N–H and O–H groups in total. The Morgan fingerprint density at radius 3 is 2.55 bits per heavy atom. The van der Waals surface area contributed by atoms with Crippen molar-refractivity contribution in [2.75, 3.05) is 12.8 Å². The lowest BCUT2D eigenvalue weighted by Gasteiger charge is -2.21. The van der Waals surface area contributed by atoms with Crippen LogP contribution in [0.5, 0.6) is 0 Å². The standard InChI is InChI=1S/C15H20FN3O/c1-15(2,3)13-14(17)18-8-11(19-13)9-5-6-12(20-4)10(16)7-9/h7-8H,5-6H2,1-4H3,(H2,17,18). The lowest BCUT2D eigenvalue weighted by atomic mass is 9.91. The fourth-order valence-electron chi connectivity index (χ4n) is 2.18. The molecule has 0 bridgehead atoms. The van der Waals surface area contributed by atoms with Crippen LogP contribution in [-0.2, 0) is 10.2 Å². The quantitative estimate of drug-likeness (QED) is 0.900. The summed E-state index contributed by atoms with van der Waals surface area (Å²) in [6, 6.07) is 0. The number of allylic oxidation sites excluding steroid dienone is 4. The second-order valence-corrected chi connectivity index (χ2v) is 5.88. The first-order valence-electron chi connectivity index (χ1n) is 6.59. The third-order valence-electron chi connectivity index (χ3n) is 3.28. The van der Waals surface area contributed by atoms with Crippen LogP contribution in [0.3, 0.4) is 0 Å². The molecule has 0 spiro atoms. The van der Waals surface area contributed by atoms with Crippen molar-refractivity contribution in [3.05, 3.63) is 35.2 Å². The van der Waals surface area contributed by atoms with E-state index in [9.17, 15) is 4.39 Å². The van der Waals surface area contributed by atoms with Gasteiger partial charge in [-0.2, -0.15) is 0 Å². The first-order valence-corrected chi connectivity index (χ1v) is 6.59. The van der Waals surface area contributed by atoms with E-state index >= 15 is 0 Å². The number of rotatable bonds is 2. The molecule has 0 saturated heterocycles. The zero-order valence-corrected chi connectivity index (χ0v) is 12.3. The Morgan fingerprint density at radius 2 is 2.00 bits per heavy atom. The number of nitrogens with zero attached hydrogens (tertiary/aromatic N) is 2. The van der Waals surface area contributed by atoms with Crippen LogP contribution in [0.1, 0.15) is 45.0 Å². The Kier molecular flexibility index (Phi) is 3.79. The maximum absolute atomic E-state index is 13.8. The molecule has 1 heterocycles. The molecule has 1 aromatic heterocycles. The summed E-state index contributed by atoms with van der Waals surface area (Å²) in [6.07, 6.45) is 4.28. The summed E-state index contributed by atoms with van der Waals surface area (Å²) in [5, 5.41) is 0. The predicted octanol–water partition coefficient (Wildman–Crippen LogP) is 3.36. The zero-order chi connectivity index (χ0) is 14.9. The molecule has 0 saturated carbocycles. The summed E-state index contributed by atoms with van der Waals surface area (Å²) < 4.78 is 18.8. The Balaban J connectivity index is 2.43. The molecule has 108 valence electrons. The van der Waals surface area contributed by atoms with Gasteiger partial charge in [0.1, 0.15) is 11.6 Å². The van der Waals surface area contributed by atoms with Crippen molar-refractivity contribution in [3.8, 4) is 0 Å². The third-order valence-corrected chi connectivity index (χ3v) is 3.28. The van der Waals surface area contributed by atoms with Gasteiger partial charge in [0.15, 0.2) is 5.83 Å². The number of halogens is 1. The summed E-state index contributed by atoms with van der Waals surface area (Å²) in [6.45, 7) is 6.07. The number of ether oxygens (including phenoxy) is 1. The van der Waals surface area contributed by atoms with Crippen molar-refractivity contribution in [2.24, 2.45) is 0 Å². The molecule has 0 aromatic carbocycles. The Bertz CT molecular complexity index is 585. The van der Waals surface area contributed by atoms with Gasteiger partial charge in [-0.3, -0.25) is 0 Å². The van der Waals surface area contributed by atoms with Gasteiger partial charge < -0.3 is 10.5 Å². The first-order chi connectivity index (χ1) is 9.32. The SMILES string of the molecule is COC1=C(F)C=C(c2cnc(N)c(C(C)(C)C)n2)CC1. The number of hydrogen-bond donors (Lipinski definition) is 1. The summed E-state index contributed by atoms with van der Waals surface area (Å²) in [5.41, 5.74) is 7.91. The van der Waals surface area contributed by atoms with E-state index in [1.807, 2.05) is 20.8 Å². The van der Waals surface area contributed by atoms with Crippen LogP contribution >= 0.6 is 0 Å². The van der Waals surface area contributed by atoms with Crippen LogP contribution in [0.15, 0.2) is 23.9 Å². The Morgan fingerprint density at radius 1 is 1.30 bits per heavy atom. The number of hydrogen-bond acceptors (Lipinski definition) is 4. The van der Waals surface area contributed by atoms with Crippen molar-refractivity contribution >= 4 is 11.4 Å². The van der Waals surface area contributed by atoms with E-state index in [0.717, 1.165) is 11.3 Å². The lowest BCUT2D eigenvalue weighted by molar-refractivity contribution is 0.262. The minimum absolute atomic E-state index is 0.200. The van der Waals surface area contributed by atoms with E-state index in [2.05, 4.69) is 9.97 Å². The van der Waals surface area contributed by atoms with Gasteiger partial charge in [-0.15, -0.1) is 0 Å². The average Bonchev–Trinajstić information content (AvgIpc) is 2.37. The minimum Gasteiger partial charge on any atom is -0.498 e. The maximum atomic E-state index is 13.8. The highest BCUT2D eigenvalue weighted by atomic mass is 19.1. The van der Waals surface area contributed by atoms with Crippen LogP contribution in [0, 0.1) is 0 Å². The van der Waals surface area contributed by atoms with Crippen molar-refractivity contribution in [1.29, 1.82) is 0 Å². The highest BCUT2D eigenvalue weighted by molar-refractivity contribution is 5.67. The molecule has 5 heteroatoms. The molecule has 4 nitrogen and oxygen atoms in total. The first kappa shape index (κ1) is 14.5. The molecule has 0 aliphatic heterocycles. The second kappa shape index (κ2) is 5.23. The second-order valence-electron chi connectivity index (χ2n) is 5.88. The van der Waals surface area contributed by atoms with Crippen LogP contribution in [-0.4, -0.2) is 17.1 Å². The molecule has 0 fully saturated rings. The number of aromatic nitrogens is 2. The van der Waals surface area contributed by atoms with Crippen LogP contribution in [0.2, 0.25) is 0 Å². The number of anilines is 1. The Hall–Kier alpha value is -1.91. The largest absolute Gasteiger partial charge is 0.498 e. The smallest absolute Gasteiger partial charge is 0.161 e. The fraction of sp³-hybridized carbons (Fsp3) is 0.467. The van der Waals surface area contributed by atoms with Crippen molar-refractivity contribution in [1.82, 2.24) is 9.97 Å². The van der Waals surface area contributed by atoms with E-state index in [0.29, 0.717) is 30.1 Å². The normalized spacial score (nSPS) is 16.1. The molecular formula is C15H20FN3O. The number of nitrogens with two attached hydrogens (primary N) is 1. The molecule has 2 rings (SSSR count). The highest BCUT2D eigenvalue weighted by Gasteiger charge is 2.22. The van der Waals surface area contributed by atoms with Crippen LogP contribution in [0.25, 0.3) is 5.57 Å². The van der Waals surface area contributed by atoms with Gasteiger partial charge in [-0.05, 0) is 18.1 Å². The van der Waals surface area contributed by atoms with E-state index in [4.69, 9.17) is 10.5 Å².